The third kappa shape index (κ3) is 13.9. The van der Waals surface area contributed by atoms with Gasteiger partial charge in [0, 0.05) is 12.8 Å². The Balaban J connectivity index is 3.23. The molecule has 0 aliphatic rings. The molecule has 0 heterocycles. The van der Waals surface area contributed by atoms with E-state index in [1.165, 1.54) is 64.2 Å². The summed E-state index contributed by atoms with van der Waals surface area (Å²) in [5.41, 5.74) is 0. The number of carbonyl (C=O) groups is 1. The monoisotopic (exact) mass is 268 g/mol. The van der Waals surface area contributed by atoms with Crippen LogP contribution in [0.15, 0.2) is 0 Å². The molecule has 19 heavy (non-hydrogen) atoms. The van der Waals surface area contributed by atoms with Crippen molar-refractivity contribution in [2.24, 2.45) is 5.92 Å². The van der Waals surface area contributed by atoms with E-state index in [1.54, 1.807) is 0 Å². The quantitative estimate of drug-likeness (QED) is 0.338. The van der Waals surface area contributed by atoms with E-state index in [4.69, 9.17) is 0 Å². The first-order valence-electron chi connectivity index (χ1n) is 8.72. The zero-order chi connectivity index (χ0) is 14.3. The molecule has 0 fully saturated rings. The minimum absolute atomic E-state index is 0.490. The lowest BCUT2D eigenvalue weighted by Gasteiger charge is -2.08. The third-order valence-corrected chi connectivity index (χ3v) is 3.92. The van der Waals surface area contributed by atoms with Crippen molar-refractivity contribution in [1.82, 2.24) is 0 Å². The number of hydrogen-bond acceptors (Lipinski definition) is 1. The van der Waals surface area contributed by atoms with Crippen molar-refractivity contribution in [1.29, 1.82) is 0 Å². The fraction of sp³-hybridized carbons (Fsp3) is 0.944. The van der Waals surface area contributed by atoms with Crippen molar-refractivity contribution in [2.45, 2.75) is 104 Å². The van der Waals surface area contributed by atoms with Crippen molar-refractivity contribution >= 4 is 5.78 Å². The number of rotatable bonds is 14. The minimum atomic E-state index is 0.490. The van der Waals surface area contributed by atoms with Gasteiger partial charge in [0.15, 0.2) is 0 Å². The van der Waals surface area contributed by atoms with Gasteiger partial charge in [-0.3, -0.25) is 4.79 Å². The zero-order valence-corrected chi connectivity index (χ0v) is 13.7. The van der Waals surface area contributed by atoms with Crippen molar-refractivity contribution in [3.63, 3.8) is 0 Å². The molecule has 0 aliphatic carbocycles. The van der Waals surface area contributed by atoms with Crippen LogP contribution in [0.25, 0.3) is 0 Å². The lowest BCUT2D eigenvalue weighted by Crippen LogP contribution is -2.05. The van der Waals surface area contributed by atoms with Crippen LogP contribution in [0.1, 0.15) is 104 Å². The summed E-state index contributed by atoms with van der Waals surface area (Å²) >= 11 is 0. The van der Waals surface area contributed by atoms with Crippen LogP contribution < -0.4 is 0 Å². The molecule has 1 heteroatoms. The molecule has 114 valence electrons. The highest BCUT2D eigenvalue weighted by atomic mass is 16.1. The van der Waals surface area contributed by atoms with Gasteiger partial charge >= 0.3 is 0 Å². The molecule has 1 nitrogen and oxygen atoms in total. The first-order chi connectivity index (χ1) is 9.20. The molecular weight excluding hydrogens is 232 g/mol. The van der Waals surface area contributed by atoms with E-state index in [0.29, 0.717) is 11.7 Å². The Morgan fingerprint density at radius 1 is 0.789 bits per heavy atom. The lowest BCUT2D eigenvalue weighted by atomic mass is 9.97. The van der Waals surface area contributed by atoms with E-state index in [0.717, 1.165) is 19.3 Å². The highest BCUT2D eigenvalue weighted by Gasteiger charge is 2.07. The Labute approximate surface area is 121 Å². The number of Topliss-reactive ketones (excluding diaryl/α,β-unsaturated/α-hetero) is 1. The molecule has 0 rings (SSSR count). The Morgan fingerprint density at radius 2 is 1.32 bits per heavy atom. The second-order valence-electron chi connectivity index (χ2n) is 6.22. The minimum Gasteiger partial charge on any atom is -0.300 e. The maximum atomic E-state index is 11.7. The van der Waals surface area contributed by atoms with E-state index in [1.807, 2.05) is 0 Å². The van der Waals surface area contributed by atoms with Crippen LogP contribution in [0, 0.1) is 5.92 Å². The van der Waals surface area contributed by atoms with Gasteiger partial charge in [0.1, 0.15) is 5.78 Å². The van der Waals surface area contributed by atoms with Crippen LogP contribution >= 0.6 is 0 Å². The van der Waals surface area contributed by atoms with Crippen LogP contribution in [0.4, 0.5) is 0 Å². The van der Waals surface area contributed by atoms with Crippen LogP contribution in [0.5, 0.6) is 0 Å². The summed E-state index contributed by atoms with van der Waals surface area (Å²) in [7, 11) is 0. The lowest BCUT2D eigenvalue weighted by molar-refractivity contribution is -0.120. The maximum Gasteiger partial charge on any atom is 0.133 e. The fourth-order valence-corrected chi connectivity index (χ4v) is 2.72. The van der Waals surface area contributed by atoms with E-state index < -0.39 is 0 Å². The summed E-state index contributed by atoms with van der Waals surface area (Å²) in [6, 6.07) is 0. The summed E-state index contributed by atoms with van der Waals surface area (Å²) in [4.78, 5) is 11.7. The van der Waals surface area contributed by atoms with Crippen molar-refractivity contribution in [3.05, 3.63) is 0 Å². The molecule has 0 bridgehead atoms. The largest absolute Gasteiger partial charge is 0.300 e. The maximum absolute atomic E-state index is 11.7. The fourth-order valence-electron chi connectivity index (χ4n) is 2.72. The molecule has 0 aromatic carbocycles. The highest BCUT2D eigenvalue weighted by molar-refractivity contribution is 5.78. The van der Waals surface area contributed by atoms with Gasteiger partial charge in [-0.2, -0.15) is 0 Å². The van der Waals surface area contributed by atoms with E-state index in [-0.39, 0.29) is 0 Å². The number of unbranched alkanes of at least 4 members (excludes halogenated alkanes) is 8. The second-order valence-corrected chi connectivity index (χ2v) is 6.22. The second kappa shape index (κ2) is 14.1. The Morgan fingerprint density at radius 3 is 1.84 bits per heavy atom. The summed E-state index contributed by atoms with van der Waals surface area (Å²) in [5.74, 6) is 1.08. The van der Waals surface area contributed by atoms with Gasteiger partial charge in [0.25, 0.3) is 0 Å². The smallest absolute Gasteiger partial charge is 0.133 e. The molecule has 0 saturated heterocycles. The standard InChI is InChI=1S/C18H36O/c1-4-6-7-8-9-10-11-12-13-15-18(19)16-17(3)14-5-2/h17H,4-16H2,1-3H3. The van der Waals surface area contributed by atoms with Crippen molar-refractivity contribution < 1.29 is 4.79 Å². The molecular formula is C18H36O. The van der Waals surface area contributed by atoms with E-state index in [9.17, 15) is 4.79 Å². The van der Waals surface area contributed by atoms with Gasteiger partial charge in [0.05, 0.1) is 0 Å². The van der Waals surface area contributed by atoms with Gasteiger partial charge in [-0.25, -0.2) is 0 Å². The Hall–Kier alpha value is -0.330. The summed E-state index contributed by atoms with van der Waals surface area (Å²) < 4.78 is 0. The van der Waals surface area contributed by atoms with Crippen molar-refractivity contribution in [3.8, 4) is 0 Å². The average Bonchev–Trinajstić information content (AvgIpc) is 2.37. The van der Waals surface area contributed by atoms with Gasteiger partial charge in [-0.15, -0.1) is 0 Å². The SMILES string of the molecule is CCCCCCCCCCCC(=O)CC(C)CCC. The highest BCUT2D eigenvalue weighted by Crippen LogP contribution is 2.14. The molecule has 0 radical (unpaired) electrons. The molecule has 1 atom stereocenters. The predicted octanol–water partition coefficient (Wildman–Crippen LogP) is 6.30. The van der Waals surface area contributed by atoms with E-state index >= 15 is 0 Å². The number of ketones is 1. The molecule has 0 spiro atoms. The average molecular weight is 268 g/mol. The Bertz CT molecular complexity index is 198. The van der Waals surface area contributed by atoms with Crippen molar-refractivity contribution in [2.75, 3.05) is 0 Å². The number of carbonyl (C=O) groups excluding carboxylic acids is 1. The molecule has 0 aromatic heterocycles. The van der Waals surface area contributed by atoms with E-state index in [2.05, 4.69) is 20.8 Å². The van der Waals surface area contributed by atoms with Crippen LogP contribution in [-0.4, -0.2) is 5.78 Å². The molecule has 1 unspecified atom stereocenters. The summed E-state index contributed by atoms with van der Waals surface area (Å²) in [6.45, 7) is 6.66. The number of hydrogen-bond donors (Lipinski definition) is 0. The molecule has 0 saturated carbocycles. The predicted molar refractivity (Wildman–Crippen MR) is 85.5 cm³/mol. The summed E-state index contributed by atoms with van der Waals surface area (Å²) in [6.07, 6.45) is 16.0. The molecule has 0 N–H and O–H groups in total. The van der Waals surface area contributed by atoms with Gasteiger partial charge < -0.3 is 0 Å². The van der Waals surface area contributed by atoms with Gasteiger partial charge in [0.2, 0.25) is 0 Å². The first kappa shape index (κ1) is 18.7. The van der Waals surface area contributed by atoms with Gasteiger partial charge in [-0.05, 0) is 12.3 Å². The normalized spacial score (nSPS) is 12.6. The van der Waals surface area contributed by atoms with Crippen LogP contribution in [0.3, 0.4) is 0 Å². The molecule has 0 aromatic rings. The summed E-state index contributed by atoms with van der Waals surface area (Å²) in [5, 5.41) is 0. The molecule has 0 aliphatic heterocycles. The first-order valence-corrected chi connectivity index (χ1v) is 8.72. The molecule has 0 amide bonds. The topological polar surface area (TPSA) is 17.1 Å². The van der Waals surface area contributed by atoms with Gasteiger partial charge in [-0.1, -0.05) is 85.0 Å². The van der Waals surface area contributed by atoms with Crippen LogP contribution in [-0.2, 0) is 4.79 Å². The Kier molecular flexibility index (Phi) is 13.8. The van der Waals surface area contributed by atoms with Crippen LogP contribution in [0.2, 0.25) is 0 Å². The zero-order valence-electron chi connectivity index (χ0n) is 13.7. The third-order valence-electron chi connectivity index (χ3n) is 3.92.